The fourth-order valence-corrected chi connectivity index (χ4v) is 2.16. The Labute approximate surface area is 119 Å². The van der Waals surface area contributed by atoms with E-state index in [2.05, 4.69) is 6.92 Å². The Kier molecular flexibility index (Phi) is 15.8. The highest BCUT2D eigenvalue weighted by molar-refractivity contribution is 4.48. The molecule has 0 rings (SSSR count). The van der Waals surface area contributed by atoms with Crippen LogP contribution in [0.3, 0.4) is 0 Å². The molecule has 0 radical (unpaired) electrons. The van der Waals surface area contributed by atoms with E-state index < -0.39 is 6.29 Å². The van der Waals surface area contributed by atoms with Crippen LogP contribution in [0.1, 0.15) is 84.0 Å². The Morgan fingerprint density at radius 3 is 1.84 bits per heavy atom. The van der Waals surface area contributed by atoms with Gasteiger partial charge in [0.2, 0.25) is 0 Å². The first-order valence-corrected chi connectivity index (χ1v) is 8.21. The largest absolute Gasteiger partial charge is 0.396 e. The molecule has 0 aromatic rings. The van der Waals surface area contributed by atoms with Crippen LogP contribution in [0.4, 0.5) is 0 Å². The van der Waals surface area contributed by atoms with E-state index in [0.29, 0.717) is 19.4 Å². The van der Waals surface area contributed by atoms with Gasteiger partial charge in [0, 0.05) is 19.6 Å². The van der Waals surface area contributed by atoms with E-state index in [-0.39, 0.29) is 6.61 Å². The third-order valence-electron chi connectivity index (χ3n) is 3.42. The third kappa shape index (κ3) is 15.8. The molecule has 0 aliphatic heterocycles. The minimum Gasteiger partial charge on any atom is -0.396 e. The Bertz CT molecular complexity index is 162. The van der Waals surface area contributed by atoms with Gasteiger partial charge in [0.1, 0.15) is 0 Å². The maximum atomic E-state index is 9.39. The van der Waals surface area contributed by atoms with E-state index in [4.69, 9.17) is 9.84 Å². The first-order chi connectivity index (χ1) is 9.31. The molecule has 0 saturated carbocycles. The van der Waals surface area contributed by atoms with Crippen molar-refractivity contribution >= 4 is 0 Å². The van der Waals surface area contributed by atoms with Gasteiger partial charge < -0.3 is 14.9 Å². The minimum absolute atomic E-state index is 0.124. The average Bonchev–Trinajstić information content (AvgIpc) is 2.42. The molecule has 0 fully saturated rings. The fourth-order valence-electron chi connectivity index (χ4n) is 2.16. The molecule has 0 saturated heterocycles. The zero-order chi connectivity index (χ0) is 14.2. The van der Waals surface area contributed by atoms with Gasteiger partial charge in [0.15, 0.2) is 6.29 Å². The van der Waals surface area contributed by atoms with Crippen LogP contribution in [0.15, 0.2) is 0 Å². The van der Waals surface area contributed by atoms with Gasteiger partial charge in [-0.05, 0) is 12.8 Å². The minimum atomic E-state index is -0.689. The van der Waals surface area contributed by atoms with Crippen molar-refractivity contribution in [3.63, 3.8) is 0 Å². The van der Waals surface area contributed by atoms with Crippen molar-refractivity contribution in [2.45, 2.75) is 90.3 Å². The second-order valence-electron chi connectivity index (χ2n) is 5.37. The zero-order valence-corrected chi connectivity index (χ0v) is 12.8. The van der Waals surface area contributed by atoms with Gasteiger partial charge in [-0.3, -0.25) is 0 Å². The number of aliphatic hydroxyl groups is 2. The topological polar surface area (TPSA) is 49.7 Å². The van der Waals surface area contributed by atoms with Crippen molar-refractivity contribution in [2.24, 2.45) is 0 Å². The van der Waals surface area contributed by atoms with E-state index >= 15 is 0 Å². The molecule has 3 nitrogen and oxygen atoms in total. The molecule has 0 aliphatic rings. The van der Waals surface area contributed by atoms with Crippen LogP contribution in [-0.2, 0) is 4.74 Å². The van der Waals surface area contributed by atoms with Crippen LogP contribution < -0.4 is 0 Å². The fraction of sp³-hybridized carbons (Fsp3) is 1.00. The second kappa shape index (κ2) is 15.9. The van der Waals surface area contributed by atoms with Crippen LogP contribution in [0, 0.1) is 0 Å². The summed E-state index contributed by atoms with van der Waals surface area (Å²) >= 11 is 0. The first kappa shape index (κ1) is 18.9. The molecule has 0 amide bonds. The summed E-state index contributed by atoms with van der Waals surface area (Å²) in [6.45, 7) is 3.02. The molecule has 1 atom stereocenters. The maximum absolute atomic E-state index is 9.39. The predicted octanol–water partition coefficient (Wildman–Crippen LogP) is 4.01. The average molecular weight is 274 g/mol. The van der Waals surface area contributed by atoms with Gasteiger partial charge in [-0.25, -0.2) is 0 Å². The standard InChI is InChI=1S/C16H34O3/c1-2-3-4-5-6-7-8-9-10-11-15-19-16(18)13-12-14-17/h16-18H,2-15H2,1H3. The van der Waals surface area contributed by atoms with Crippen LogP contribution in [0.2, 0.25) is 0 Å². The van der Waals surface area contributed by atoms with Crippen LogP contribution in [-0.4, -0.2) is 29.7 Å². The quantitative estimate of drug-likeness (QED) is 0.350. The summed E-state index contributed by atoms with van der Waals surface area (Å²) in [5.41, 5.74) is 0. The Balaban J connectivity index is 3.02. The highest BCUT2D eigenvalue weighted by Crippen LogP contribution is 2.10. The molecule has 0 spiro atoms. The van der Waals surface area contributed by atoms with Gasteiger partial charge in [0.05, 0.1) is 0 Å². The summed E-state index contributed by atoms with van der Waals surface area (Å²) in [5.74, 6) is 0. The highest BCUT2D eigenvalue weighted by atomic mass is 16.6. The molecular formula is C16H34O3. The van der Waals surface area contributed by atoms with Crippen molar-refractivity contribution in [2.75, 3.05) is 13.2 Å². The van der Waals surface area contributed by atoms with Gasteiger partial charge >= 0.3 is 0 Å². The summed E-state index contributed by atoms with van der Waals surface area (Å²) in [7, 11) is 0. The van der Waals surface area contributed by atoms with Crippen molar-refractivity contribution in [3.05, 3.63) is 0 Å². The van der Waals surface area contributed by atoms with E-state index in [1.54, 1.807) is 0 Å². The lowest BCUT2D eigenvalue weighted by molar-refractivity contribution is -0.106. The monoisotopic (exact) mass is 274 g/mol. The van der Waals surface area contributed by atoms with Gasteiger partial charge in [-0.2, -0.15) is 0 Å². The molecule has 1 unspecified atom stereocenters. The summed E-state index contributed by atoms with van der Waals surface area (Å²) in [6, 6.07) is 0. The lowest BCUT2D eigenvalue weighted by atomic mass is 10.1. The van der Waals surface area contributed by atoms with E-state index in [9.17, 15) is 5.11 Å². The number of aliphatic hydroxyl groups excluding tert-OH is 2. The number of hydrogen-bond donors (Lipinski definition) is 2. The van der Waals surface area contributed by atoms with Crippen molar-refractivity contribution in [3.8, 4) is 0 Å². The van der Waals surface area contributed by atoms with E-state index in [1.165, 1.54) is 57.8 Å². The lowest BCUT2D eigenvalue weighted by Crippen LogP contribution is -2.13. The molecule has 19 heavy (non-hydrogen) atoms. The Morgan fingerprint density at radius 2 is 1.32 bits per heavy atom. The summed E-state index contributed by atoms with van der Waals surface area (Å²) in [6.07, 6.45) is 13.6. The molecule has 2 N–H and O–H groups in total. The van der Waals surface area contributed by atoms with E-state index in [0.717, 1.165) is 6.42 Å². The van der Waals surface area contributed by atoms with Gasteiger partial charge in [0.25, 0.3) is 0 Å². The molecule has 0 aliphatic carbocycles. The van der Waals surface area contributed by atoms with Crippen LogP contribution >= 0.6 is 0 Å². The molecule has 3 heteroatoms. The molecule has 0 aromatic carbocycles. The predicted molar refractivity (Wildman–Crippen MR) is 80.1 cm³/mol. The smallest absolute Gasteiger partial charge is 0.154 e. The molecule has 0 aromatic heterocycles. The number of unbranched alkanes of at least 4 members (excludes halogenated alkanes) is 9. The lowest BCUT2D eigenvalue weighted by Gasteiger charge is -2.10. The van der Waals surface area contributed by atoms with Gasteiger partial charge in [-0.15, -0.1) is 0 Å². The third-order valence-corrected chi connectivity index (χ3v) is 3.42. The number of hydrogen-bond acceptors (Lipinski definition) is 3. The second-order valence-corrected chi connectivity index (χ2v) is 5.37. The van der Waals surface area contributed by atoms with E-state index in [1.807, 2.05) is 0 Å². The molecular weight excluding hydrogens is 240 g/mol. The van der Waals surface area contributed by atoms with Crippen LogP contribution in [0.25, 0.3) is 0 Å². The normalized spacial score (nSPS) is 12.8. The Morgan fingerprint density at radius 1 is 0.789 bits per heavy atom. The van der Waals surface area contributed by atoms with Crippen molar-refractivity contribution in [1.29, 1.82) is 0 Å². The van der Waals surface area contributed by atoms with Crippen LogP contribution in [0.5, 0.6) is 0 Å². The summed E-state index contributed by atoms with van der Waals surface area (Å²) < 4.78 is 5.26. The van der Waals surface area contributed by atoms with Crippen molar-refractivity contribution < 1.29 is 14.9 Å². The number of rotatable bonds is 15. The highest BCUT2D eigenvalue weighted by Gasteiger charge is 2.02. The molecule has 116 valence electrons. The van der Waals surface area contributed by atoms with Gasteiger partial charge in [-0.1, -0.05) is 64.7 Å². The summed E-state index contributed by atoms with van der Waals surface area (Å²) in [4.78, 5) is 0. The van der Waals surface area contributed by atoms with Crippen molar-refractivity contribution in [1.82, 2.24) is 0 Å². The first-order valence-electron chi connectivity index (χ1n) is 8.21. The summed E-state index contributed by atoms with van der Waals surface area (Å²) in [5, 5.41) is 18.0. The Hall–Kier alpha value is -0.120. The maximum Gasteiger partial charge on any atom is 0.154 e. The SMILES string of the molecule is CCCCCCCCCCCCOC(O)CCCO. The number of ether oxygens (including phenoxy) is 1. The molecule has 0 heterocycles. The zero-order valence-electron chi connectivity index (χ0n) is 12.8. The molecule has 0 bridgehead atoms.